The van der Waals surface area contributed by atoms with Crippen LogP contribution in [0, 0.1) is 0 Å². The van der Waals surface area contributed by atoms with Gasteiger partial charge in [-0.3, -0.25) is 9.46 Å². The Bertz CT molecular complexity index is 1040. The number of amides is 1. The third-order valence-electron chi connectivity index (χ3n) is 4.94. The van der Waals surface area contributed by atoms with E-state index in [-0.39, 0.29) is 19.8 Å². The first-order valence-corrected chi connectivity index (χ1v) is 13.8. The molecule has 0 saturated carbocycles. The van der Waals surface area contributed by atoms with E-state index in [9.17, 15) is 29.0 Å². The number of carbonyl (C=O) groups excluding carboxylic acids is 2. The molecule has 0 bridgehead atoms. The molecule has 11 nitrogen and oxygen atoms in total. The monoisotopic (exact) mass is 553 g/mol. The van der Waals surface area contributed by atoms with E-state index in [1.165, 1.54) is 0 Å². The molecule has 0 aliphatic carbocycles. The molecule has 210 valence electrons. The van der Waals surface area contributed by atoms with Gasteiger partial charge in [-0.15, -0.1) is 0 Å². The summed E-state index contributed by atoms with van der Waals surface area (Å²) in [6.45, 7) is 3.99. The maximum atomic E-state index is 12.9. The predicted molar refractivity (Wildman–Crippen MR) is 138 cm³/mol. The van der Waals surface area contributed by atoms with Crippen LogP contribution in [0.1, 0.15) is 31.9 Å². The maximum Gasteiger partial charge on any atom is 0.411 e. The summed E-state index contributed by atoms with van der Waals surface area (Å²) >= 11 is 0. The Hall–Kier alpha value is -2.79. The van der Waals surface area contributed by atoms with Gasteiger partial charge in [-0.05, 0) is 31.9 Å². The number of hydrogen-bond acceptors (Lipinski definition) is 8. The van der Waals surface area contributed by atoms with E-state index < -0.39 is 50.3 Å². The number of aliphatic hydroxyl groups excluding tert-OH is 1. The zero-order chi connectivity index (χ0) is 28.2. The molecule has 0 aromatic heterocycles. The van der Waals surface area contributed by atoms with Crippen molar-refractivity contribution in [2.24, 2.45) is 0 Å². The van der Waals surface area contributed by atoms with Crippen molar-refractivity contribution in [2.75, 3.05) is 26.1 Å². The molecule has 2 aromatic rings. The van der Waals surface area contributed by atoms with Crippen LogP contribution in [0.2, 0.25) is 0 Å². The van der Waals surface area contributed by atoms with Crippen LogP contribution in [-0.2, 0) is 41.5 Å². The number of rotatable bonds is 14. The highest BCUT2D eigenvalue weighted by molar-refractivity contribution is 7.51. The molecule has 3 N–H and O–H groups in total. The SMILES string of the molecule is CC(C)(C)OC(=O)N(CP(=O)(O)O)[C@@H](CO)C(=O)OC[C@@H](COCc1ccccc1)OCc1ccccc1. The number of benzene rings is 2. The van der Waals surface area contributed by atoms with Gasteiger partial charge in [0.15, 0.2) is 6.04 Å². The van der Waals surface area contributed by atoms with Crippen molar-refractivity contribution in [2.45, 2.75) is 51.7 Å². The highest BCUT2D eigenvalue weighted by Crippen LogP contribution is 2.36. The smallest absolute Gasteiger partial charge is 0.411 e. The lowest BCUT2D eigenvalue weighted by Crippen LogP contribution is -2.50. The average molecular weight is 554 g/mol. The number of nitrogens with zero attached hydrogens (tertiary/aromatic N) is 1. The summed E-state index contributed by atoms with van der Waals surface area (Å²) in [6.07, 6.45) is -3.03. The van der Waals surface area contributed by atoms with Crippen LogP contribution in [0.25, 0.3) is 0 Å². The van der Waals surface area contributed by atoms with Gasteiger partial charge in [0, 0.05) is 0 Å². The Labute approximate surface area is 222 Å². The Kier molecular flexibility index (Phi) is 12.4. The minimum Gasteiger partial charge on any atom is -0.461 e. The summed E-state index contributed by atoms with van der Waals surface area (Å²) in [5.41, 5.74) is 0.815. The Morgan fingerprint density at radius 3 is 1.97 bits per heavy atom. The van der Waals surface area contributed by atoms with Gasteiger partial charge in [0.2, 0.25) is 0 Å². The first-order chi connectivity index (χ1) is 17.9. The van der Waals surface area contributed by atoms with Crippen LogP contribution in [-0.4, -0.2) is 75.7 Å². The number of hydrogen-bond donors (Lipinski definition) is 3. The van der Waals surface area contributed by atoms with E-state index in [0.717, 1.165) is 11.1 Å². The molecule has 0 fully saturated rings. The minimum atomic E-state index is -4.81. The molecule has 12 heteroatoms. The van der Waals surface area contributed by atoms with E-state index in [1.807, 2.05) is 60.7 Å². The van der Waals surface area contributed by atoms with E-state index in [2.05, 4.69) is 0 Å². The quantitative estimate of drug-likeness (QED) is 0.235. The van der Waals surface area contributed by atoms with Gasteiger partial charge in [-0.1, -0.05) is 60.7 Å². The summed E-state index contributed by atoms with van der Waals surface area (Å²) in [6, 6.07) is 17.1. The van der Waals surface area contributed by atoms with Gasteiger partial charge >= 0.3 is 19.7 Å². The topological polar surface area (TPSA) is 152 Å². The van der Waals surface area contributed by atoms with Crippen LogP contribution in [0.15, 0.2) is 60.7 Å². The highest BCUT2D eigenvalue weighted by atomic mass is 31.2. The van der Waals surface area contributed by atoms with Crippen LogP contribution in [0.4, 0.5) is 4.79 Å². The van der Waals surface area contributed by atoms with Crippen LogP contribution >= 0.6 is 7.60 Å². The van der Waals surface area contributed by atoms with Gasteiger partial charge in [0.05, 0.1) is 26.4 Å². The number of ether oxygens (including phenoxy) is 4. The predicted octanol–water partition coefficient (Wildman–Crippen LogP) is 3.07. The lowest BCUT2D eigenvalue weighted by molar-refractivity contribution is -0.157. The normalized spacial score (nSPS) is 13.4. The fraction of sp³-hybridized carbons (Fsp3) is 0.462. The molecule has 0 aliphatic heterocycles. The Morgan fingerprint density at radius 1 is 0.921 bits per heavy atom. The second-order valence-corrected chi connectivity index (χ2v) is 11.1. The van der Waals surface area contributed by atoms with E-state index in [1.54, 1.807) is 20.8 Å². The summed E-state index contributed by atoms with van der Waals surface area (Å²) in [4.78, 5) is 44.8. The number of aliphatic hydroxyl groups is 1. The van der Waals surface area contributed by atoms with Crippen molar-refractivity contribution in [3.8, 4) is 0 Å². The molecule has 0 saturated heterocycles. The summed E-state index contributed by atoms with van der Waals surface area (Å²) in [5, 5.41) is 9.84. The lowest BCUT2D eigenvalue weighted by Gasteiger charge is -2.31. The fourth-order valence-corrected chi connectivity index (χ4v) is 3.90. The highest BCUT2D eigenvalue weighted by Gasteiger charge is 2.38. The molecular weight excluding hydrogens is 517 g/mol. The van der Waals surface area contributed by atoms with Crippen molar-refractivity contribution in [1.29, 1.82) is 0 Å². The average Bonchev–Trinajstić information content (AvgIpc) is 2.84. The summed E-state index contributed by atoms with van der Waals surface area (Å²) < 4.78 is 33.8. The van der Waals surface area contributed by atoms with Crippen LogP contribution in [0.3, 0.4) is 0 Å². The molecule has 0 aliphatic rings. The van der Waals surface area contributed by atoms with Gasteiger partial charge in [-0.25, -0.2) is 9.59 Å². The van der Waals surface area contributed by atoms with Crippen molar-refractivity contribution in [3.63, 3.8) is 0 Å². The molecule has 2 rings (SSSR count). The number of carbonyl (C=O) groups is 2. The second-order valence-electron chi connectivity index (χ2n) is 9.50. The van der Waals surface area contributed by atoms with Crippen molar-refractivity contribution in [1.82, 2.24) is 4.90 Å². The van der Waals surface area contributed by atoms with Crippen LogP contribution in [0.5, 0.6) is 0 Å². The number of esters is 1. The van der Waals surface area contributed by atoms with E-state index in [4.69, 9.17) is 18.9 Å². The summed E-state index contributed by atoms with van der Waals surface area (Å²) in [5.74, 6) is -1.08. The van der Waals surface area contributed by atoms with Gasteiger partial charge in [-0.2, -0.15) is 0 Å². The third kappa shape index (κ3) is 12.2. The van der Waals surface area contributed by atoms with Crippen molar-refractivity contribution < 1.29 is 48.0 Å². The first-order valence-electron chi connectivity index (χ1n) is 12.0. The second kappa shape index (κ2) is 15.0. The lowest BCUT2D eigenvalue weighted by atomic mass is 10.2. The molecule has 1 amide bonds. The third-order valence-corrected chi connectivity index (χ3v) is 5.61. The molecule has 0 heterocycles. The Morgan fingerprint density at radius 2 is 1.47 bits per heavy atom. The van der Waals surface area contributed by atoms with Crippen molar-refractivity contribution in [3.05, 3.63) is 71.8 Å². The minimum absolute atomic E-state index is 0.0665. The van der Waals surface area contributed by atoms with Gasteiger partial charge in [0.25, 0.3) is 0 Å². The van der Waals surface area contributed by atoms with Crippen LogP contribution < -0.4 is 0 Å². The molecule has 38 heavy (non-hydrogen) atoms. The summed E-state index contributed by atoms with van der Waals surface area (Å²) in [7, 11) is -4.81. The molecule has 0 radical (unpaired) electrons. The van der Waals surface area contributed by atoms with E-state index >= 15 is 0 Å². The molecule has 2 aromatic carbocycles. The largest absolute Gasteiger partial charge is 0.461 e. The molecular formula is C26H36NO10P. The molecule has 0 unspecified atom stereocenters. The van der Waals surface area contributed by atoms with Gasteiger partial charge in [0.1, 0.15) is 24.6 Å². The molecule has 2 atom stereocenters. The fourth-order valence-electron chi connectivity index (χ4n) is 3.19. The molecule has 0 spiro atoms. The zero-order valence-corrected chi connectivity index (χ0v) is 22.7. The van der Waals surface area contributed by atoms with Gasteiger partial charge < -0.3 is 33.8 Å². The van der Waals surface area contributed by atoms with E-state index in [0.29, 0.717) is 11.5 Å². The first kappa shape index (κ1) is 31.4. The standard InChI is InChI=1S/C26H36NO10P/c1-26(2,3)37-25(30)27(19-38(31,32)33)23(14-28)24(29)36-18-22(35-16-21-12-8-5-9-13-21)17-34-15-20-10-6-4-7-11-20/h4-13,22-23,28H,14-19H2,1-3H3,(H2,31,32,33)/t22-,23+/m1/s1. The zero-order valence-electron chi connectivity index (χ0n) is 21.8. The maximum absolute atomic E-state index is 12.9. The van der Waals surface area contributed by atoms with Crippen molar-refractivity contribution >= 4 is 19.7 Å². The Balaban J connectivity index is 2.08.